The molecule has 0 aliphatic carbocycles. The molecule has 9 heteroatoms. The quantitative estimate of drug-likeness (QED) is 0.529. The van der Waals surface area contributed by atoms with Crippen molar-refractivity contribution < 1.29 is 19.1 Å². The molecule has 0 spiro atoms. The highest BCUT2D eigenvalue weighted by Gasteiger charge is 2.21. The first-order chi connectivity index (χ1) is 14.7. The number of likely N-dealkylation sites (N-methyl/N-ethyl adjacent to an activating group) is 1. The third-order valence-corrected chi connectivity index (χ3v) is 5.00. The van der Waals surface area contributed by atoms with Crippen LogP contribution in [0.1, 0.15) is 20.8 Å². The Balaban J connectivity index is 1.96. The highest BCUT2D eigenvalue weighted by Crippen LogP contribution is 2.30. The van der Waals surface area contributed by atoms with Gasteiger partial charge in [-0.3, -0.25) is 14.5 Å². The largest absolute Gasteiger partial charge is 0.490 e. The maximum Gasteiger partial charge on any atom is 0.241 e. The predicted molar refractivity (Wildman–Crippen MR) is 125 cm³/mol. The van der Waals surface area contributed by atoms with Gasteiger partial charge < -0.3 is 20.1 Å². The van der Waals surface area contributed by atoms with Crippen LogP contribution >= 0.6 is 23.2 Å². The zero-order valence-corrected chi connectivity index (χ0v) is 19.5. The summed E-state index contributed by atoms with van der Waals surface area (Å²) < 4.78 is 11.1. The van der Waals surface area contributed by atoms with Crippen LogP contribution in [-0.4, -0.2) is 49.6 Å². The first-order valence-corrected chi connectivity index (χ1v) is 10.7. The summed E-state index contributed by atoms with van der Waals surface area (Å²) in [5, 5.41) is 6.38. The number of amides is 2. The van der Waals surface area contributed by atoms with Gasteiger partial charge >= 0.3 is 0 Å². The Kier molecular flexibility index (Phi) is 9.43. The van der Waals surface area contributed by atoms with Crippen molar-refractivity contribution in [3.63, 3.8) is 0 Å². The number of nitrogens with one attached hydrogen (secondary N) is 2. The molecule has 0 bridgehead atoms. The van der Waals surface area contributed by atoms with Crippen LogP contribution in [0.3, 0.4) is 0 Å². The highest BCUT2D eigenvalue weighted by molar-refractivity contribution is 6.36. The topological polar surface area (TPSA) is 79.9 Å². The molecule has 0 heterocycles. The average Bonchev–Trinajstić information content (AvgIpc) is 2.71. The molecule has 0 fully saturated rings. The van der Waals surface area contributed by atoms with Gasteiger partial charge in [-0.25, -0.2) is 0 Å². The second-order valence-corrected chi connectivity index (χ2v) is 7.62. The average molecular weight is 468 g/mol. The van der Waals surface area contributed by atoms with E-state index in [-0.39, 0.29) is 18.4 Å². The van der Waals surface area contributed by atoms with Crippen molar-refractivity contribution >= 4 is 46.4 Å². The minimum Gasteiger partial charge on any atom is -0.490 e. The number of nitrogens with zero attached hydrogens (tertiary/aromatic N) is 1. The van der Waals surface area contributed by atoms with Gasteiger partial charge in [-0.2, -0.15) is 0 Å². The van der Waals surface area contributed by atoms with Crippen molar-refractivity contribution in [2.24, 2.45) is 0 Å². The van der Waals surface area contributed by atoms with Crippen LogP contribution in [0.4, 0.5) is 11.4 Å². The van der Waals surface area contributed by atoms with Gasteiger partial charge in [0.25, 0.3) is 0 Å². The standard InChI is InChI=1S/C22H27Cl2N3O4/c1-5-30-19-10-8-16(12-20(19)31-6-2)25-21(28)13-27(4)14(3)22(29)26-18-9-7-15(23)11-17(18)24/h7-12,14H,5-6,13H2,1-4H3,(H,25,28)(H,26,29)/t14-/m0/s1. The number of carbonyl (C=O) groups is 2. The van der Waals surface area contributed by atoms with Gasteiger partial charge in [-0.15, -0.1) is 0 Å². The minimum absolute atomic E-state index is 0.0140. The van der Waals surface area contributed by atoms with Crippen molar-refractivity contribution in [2.75, 3.05) is 37.4 Å². The molecule has 0 saturated carbocycles. The molecule has 0 saturated heterocycles. The highest BCUT2D eigenvalue weighted by atomic mass is 35.5. The molecule has 2 N–H and O–H groups in total. The summed E-state index contributed by atoms with van der Waals surface area (Å²) in [7, 11) is 1.69. The van der Waals surface area contributed by atoms with E-state index >= 15 is 0 Å². The molecule has 2 aromatic carbocycles. The van der Waals surface area contributed by atoms with Crippen LogP contribution in [0.15, 0.2) is 36.4 Å². The minimum atomic E-state index is -0.572. The van der Waals surface area contributed by atoms with E-state index < -0.39 is 6.04 Å². The molecule has 0 aliphatic heterocycles. The van der Waals surface area contributed by atoms with Crippen molar-refractivity contribution in [3.05, 3.63) is 46.4 Å². The monoisotopic (exact) mass is 467 g/mol. The van der Waals surface area contributed by atoms with Crippen LogP contribution in [0.5, 0.6) is 11.5 Å². The molecule has 2 amide bonds. The third kappa shape index (κ3) is 7.31. The van der Waals surface area contributed by atoms with Crippen molar-refractivity contribution in [1.29, 1.82) is 0 Å². The first kappa shape index (κ1) is 24.8. The number of anilines is 2. The van der Waals surface area contributed by atoms with Crippen molar-refractivity contribution in [3.8, 4) is 11.5 Å². The summed E-state index contributed by atoms with van der Waals surface area (Å²) in [5.41, 5.74) is 1.04. The number of halogens is 2. The number of hydrogen-bond acceptors (Lipinski definition) is 5. The molecule has 0 radical (unpaired) electrons. The van der Waals surface area contributed by atoms with E-state index in [9.17, 15) is 9.59 Å². The van der Waals surface area contributed by atoms with E-state index in [0.717, 1.165) is 0 Å². The van der Waals surface area contributed by atoms with Gasteiger partial charge in [-0.1, -0.05) is 23.2 Å². The summed E-state index contributed by atoms with van der Waals surface area (Å²) in [6.07, 6.45) is 0. The van der Waals surface area contributed by atoms with E-state index in [4.69, 9.17) is 32.7 Å². The smallest absolute Gasteiger partial charge is 0.241 e. The van der Waals surface area contributed by atoms with Gasteiger partial charge in [0.1, 0.15) is 0 Å². The van der Waals surface area contributed by atoms with Crippen LogP contribution in [0.2, 0.25) is 10.0 Å². The van der Waals surface area contributed by atoms with Crippen LogP contribution in [0, 0.1) is 0 Å². The Morgan fingerprint density at radius 1 is 1.00 bits per heavy atom. The zero-order valence-electron chi connectivity index (χ0n) is 18.0. The molecule has 2 aromatic rings. The second-order valence-electron chi connectivity index (χ2n) is 6.78. The zero-order chi connectivity index (χ0) is 23.0. The van der Waals surface area contributed by atoms with Gasteiger partial charge in [0.15, 0.2) is 11.5 Å². The number of benzene rings is 2. The molecule has 0 unspecified atom stereocenters. The molecular formula is C22H27Cl2N3O4. The summed E-state index contributed by atoms with van der Waals surface area (Å²) >= 11 is 12.0. The summed E-state index contributed by atoms with van der Waals surface area (Å²) in [6, 6.07) is 9.45. The fourth-order valence-corrected chi connectivity index (χ4v) is 3.18. The van der Waals surface area contributed by atoms with Gasteiger partial charge in [-0.05, 0) is 58.2 Å². The molecular weight excluding hydrogens is 441 g/mol. The fraction of sp³-hybridized carbons (Fsp3) is 0.364. The number of hydrogen-bond donors (Lipinski definition) is 2. The molecule has 31 heavy (non-hydrogen) atoms. The van der Waals surface area contributed by atoms with E-state index in [1.54, 1.807) is 55.3 Å². The lowest BCUT2D eigenvalue weighted by atomic mass is 10.2. The van der Waals surface area contributed by atoms with Gasteiger partial charge in [0.2, 0.25) is 11.8 Å². The lowest BCUT2D eigenvalue weighted by Gasteiger charge is -2.23. The maximum absolute atomic E-state index is 12.5. The van der Waals surface area contributed by atoms with Gasteiger partial charge in [0.05, 0.1) is 36.5 Å². The lowest BCUT2D eigenvalue weighted by Crippen LogP contribution is -2.43. The SMILES string of the molecule is CCOc1ccc(NC(=O)CN(C)[C@@H](C)C(=O)Nc2ccc(Cl)cc2Cl)cc1OCC. The number of ether oxygens (including phenoxy) is 2. The Labute approximate surface area is 192 Å². The molecule has 0 aliphatic rings. The van der Waals surface area contributed by atoms with Crippen LogP contribution < -0.4 is 20.1 Å². The van der Waals surface area contributed by atoms with Crippen molar-refractivity contribution in [1.82, 2.24) is 4.90 Å². The summed E-state index contributed by atoms with van der Waals surface area (Å²) in [4.78, 5) is 26.7. The fourth-order valence-electron chi connectivity index (χ4n) is 2.72. The van der Waals surface area contributed by atoms with E-state index in [1.807, 2.05) is 13.8 Å². The molecule has 0 aromatic heterocycles. The number of carbonyl (C=O) groups excluding carboxylic acids is 2. The van der Waals surface area contributed by atoms with E-state index in [0.29, 0.717) is 46.1 Å². The van der Waals surface area contributed by atoms with E-state index in [2.05, 4.69) is 10.6 Å². The molecule has 2 rings (SSSR count). The third-order valence-electron chi connectivity index (χ3n) is 4.45. The first-order valence-electron chi connectivity index (χ1n) is 9.90. The number of rotatable bonds is 10. The lowest BCUT2D eigenvalue weighted by molar-refractivity contribution is -0.122. The summed E-state index contributed by atoms with van der Waals surface area (Å²) in [6.45, 7) is 6.47. The molecule has 168 valence electrons. The Bertz CT molecular complexity index is 924. The summed E-state index contributed by atoms with van der Waals surface area (Å²) in [5.74, 6) is 0.617. The van der Waals surface area contributed by atoms with Crippen LogP contribution in [-0.2, 0) is 9.59 Å². The normalized spacial score (nSPS) is 11.7. The van der Waals surface area contributed by atoms with Crippen LogP contribution in [0.25, 0.3) is 0 Å². The Hall–Kier alpha value is -2.48. The molecule has 7 nitrogen and oxygen atoms in total. The predicted octanol–water partition coefficient (Wildman–Crippen LogP) is 4.69. The van der Waals surface area contributed by atoms with Gasteiger partial charge in [0, 0.05) is 16.8 Å². The van der Waals surface area contributed by atoms with Crippen molar-refractivity contribution in [2.45, 2.75) is 26.8 Å². The maximum atomic E-state index is 12.5. The van der Waals surface area contributed by atoms with E-state index in [1.165, 1.54) is 0 Å². The second kappa shape index (κ2) is 11.8. The Morgan fingerprint density at radius 3 is 2.32 bits per heavy atom. The Morgan fingerprint density at radius 2 is 1.68 bits per heavy atom. The molecule has 1 atom stereocenters.